The quantitative estimate of drug-likeness (QED) is 0.145. The van der Waals surface area contributed by atoms with Gasteiger partial charge in [0.25, 0.3) is 0 Å². The van der Waals surface area contributed by atoms with E-state index in [0.717, 1.165) is 17.0 Å². The number of nitrogens with one attached hydrogen (secondary N) is 1. The smallest absolute Gasteiger partial charge is 0.416 e. The summed E-state index contributed by atoms with van der Waals surface area (Å²) in [7, 11) is 4.27. The molecule has 0 aliphatic carbocycles. The van der Waals surface area contributed by atoms with Crippen molar-refractivity contribution in [3.05, 3.63) is 29.8 Å². The number of esters is 1. The van der Waals surface area contributed by atoms with E-state index in [9.17, 15) is 48.3 Å². The molecule has 0 bridgehead atoms. The van der Waals surface area contributed by atoms with E-state index in [2.05, 4.69) is 5.32 Å². The molecule has 6 N–H and O–H groups in total. The number of carbonyl (C=O) groups excluding carboxylic acids is 2. The van der Waals surface area contributed by atoms with Crippen LogP contribution < -0.4 is 10.2 Å². The molecular weight excluding hydrogens is 895 g/mol. The minimum atomic E-state index is -4.57. The Bertz CT molecular complexity index is 1770. The maximum absolute atomic E-state index is 14.4. The van der Waals surface area contributed by atoms with Crippen LogP contribution >= 0.6 is 11.6 Å². The normalized spacial score (nSPS) is 42.4. The summed E-state index contributed by atoms with van der Waals surface area (Å²) >= 11 is 6.29. The van der Waals surface area contributed by atoms with Crippen LogP contribution in [0.25, 0.3) is 0 Å². The number of aliphatic hydroxyl groups is 5. The van der Waals surface area contributed by atoms with Gasteiger partial charge in [-0.1, -0.05) is 20.8 Å². The van der Waals surface area contributed by atoms with Gasteiger partial charge >= 0.3 is 18.2 Å². The number of benzene rings is 1. The fourth-order valence-electron chi connectivity index (χ4n) is 9.90. The van der Waals surface area contributed by atoms with Gasteiger partial charge in [0.2, 0.25) is 0 Å². The Balaban J connectivity index is 1.78. The van der Waals surface area contributed by atoms with Gasteiger partial charge in [0.05, 0.1) is 53.4 Å². The lowest BCUT2D eigenvalue weighted by Gasteiger charge is -2.53. The highest BCUT2D eigenvalue weighted by atomic mass is 35.5. The Morgan fingerprint density at radius 1 is 0.970 bits per heavy atom. The Kier molecular flexibility index (Phi) is 18.5. The first-order valence-electron chi connectivity index (χ1n) is 22.8. The van der Waals surface area contributed by atoms with Crippen molar-refractivity contribution < 1.29 is 76.7 Å². The molecule has 380 valence electrons. The number of anilines is 1. The van der Waals surface area contributed by atoms with Crippen molar-refractivity contribution in [1.29, 1.82) is 0 Å². The molecular formula is C46H75ClF3N3O13. The van der Waals surface area contributed by atoms with Gasteiger partial charge in [-0.2, -0.15) is 13.2 Å². The molecule has 0 radical (unpaired) electrons. The van der Waals surface area contributed by atoms with E-state index < -0.39 is 125 Å². The zero-order chi connectivity index (χ0) is 50.1. The summed E-state index contributed by atoms with van der Waals surface area (Å²) in [5.41, 5.74) is -7.34. The van der Waals surface area contributed by atoms with Gasteiger partial charge in [-0.15, -0.1) is 11.6 Å². The zero-order valence-electron chi connectivity index (χ0n) is 40.5. The monoisotopic (exact) mass is 969 g/mol. The number of halogens is 4. The highest BCUT2D eigenvalue weighted by Crippen LogP contribution is 2.44. The van der Waals surface area contributed by atoms with E-state index in [0.29, 0.717) is 0 Å². The summed E-state index contributed by atoms with van der Waals surface area (Å²) in [6.45, 7) is 16.7. The highest BCUT2D eigenvalue weighted by Gasteiger charge is 2.58. The molecule has 0 unspecified atom stereocenters. The summed E-state index contributed by atoms with van der Waals surface area (Å²) in [6.07, 6.45) is -15.1. The van der Waals surface area contributed by atoms with Gasteiger partial charge in [0.15, 0.2) is 12.6 Å². The van der Waals surface area contributed by atoms with Gasteiger partial charge in [-0.3, -0.25) is 9.69 Å². The second-order valence-corrected chi connectivity index (χ2v) is 20.0. The van der Waals surface area contributed by atoms with Crippen molar-refractivity contribution in [2.24, 2.45) is 17.8 Å². The molecule has 18 atom stereocenters. The maximum atomic E-state index is 14.4. The molecule has 1 aromatic carbocycles. The fraction of sp³-hybridized carbons (Fsp3) is 0.826. The van der Waals surface area contributed by atoms with Crippen molar-refractivity contribution >= 4 is 29.3 Å². The Hall–Kier alpha value is -2.40. The summed E-state index contributed by atoms with van der Waals surface area (Å²) in [4.78, 5) is 30.7. The predicted octanol–water partition coefficient (Wildman–Crippen LogP) is 4.81. The predicted molar refractivity (Wildman–Crippen MR) is 239 cm³/mol. The molecule has 3 aliphatic rings. The molecule has 3 saturated heterocycles. The van der Waals surface area contributed by atoms with E-state index in [1.54, 1.807) is 55.4 Å². The largest absolute Gasteiger partial charge is 0.459 e. The van der Waals surface area contributed by atoms with E-state index in [1.807, 2.05) is 6.92 Å². The van der Waals surface area contributed by atoms with Crippen molar-refractivity contribution in [2.45, 2.75) is 191 Å². The number of ether oxygens (including phenoxy) is 6. The van der Waals surface area contributed by atoms with E-state index in [-0.39, 0.29) is 49.7 Å². The van der Waals surface area contributed by atoms with E-state index in [4.69, 9.17) is 40.0 Å². The zero-order valence-corrected chi connectivity index (χ0v) is 41.3. The van der Waals surface area contributed by atoms with Crippen LogP contribution in [0.5, 0.6) is 0 Å². The molecule has 0 aromatic heterocycles. The van der Waals surface area contributed by atoms with E-state index >= 15 is 0 Å². The lowest BCUT2D eigenvalue weighted by molar-refractivity contribution is -0.333. The number of hydrogen-bond donors (Lipinski definition) is 6. The van der Waals surface area contributed by atoms with Crippen LogP contribution in [-0.4, -0.2) is 166 Å². The Labute approximate surface area is 392 Å². The van der Waals surface area contributed by atoms with Crippen LogP contribution in [0.4, 0.5) is 23.7 Å². The summed E-state index contributed by atoms with van der Waals surface area (Å²) < 4.78 is 77.7. The number of urea groups is 1. The third kappa shape index (κ3) is 11.9. The van der Waals surface area contributed by atoms with Crippen LogP contribution in [0.3, 0.4) is 0 Å². The number of hydrogen-bond acceptors (Lipinski definition) is 14. The molecule has 20 heteroatoms. The fourth-order valence-corrected chi connectivity index (χ4v) is 10.4. The number of alkyl halides is 4. The number of nitrogens with zero attached hydrogens (tertiary/aromatic N) is 2. The molecule has 0 saturated carbocycles. The van der Waals surface area contributed by atoms with Gasteiger partial charge < -0.3 is 64.2 Å². The minimum absolute atomic E-state index is 0.0525. The topological polar surface area (TPSA) is 209 Å². The van der Waals surface area contributed by atoms with Gasteiger partial charge in [0, 0.05) is 45.3 Å². The lowest BCUT2D eigenvalue weighted by Crippen LogP contribution is -2.67. The Morgan fingerprint density at radius 3 is 2.12 bits per heavy atom. The van der Waals surface area contributed by atoms with Crippen LogP contribution in [0.1, 0.15) is 100 Å². The average molecular weight is 971 g/mol. The SMILES string of the molecule is CC[C@H]1OC(=O)[C@H](C)[C@@H](O[C@H]2C[C@@](C)(OC)[C@](O)(CCl)[C@H](C)O2)[C@H](C)[C@@H](O[C@@H]2O[C@H](C)C[C@H](N(C)C(=O)N(C)c3ccc(C(F)(F)F)cc3)[C@H]2O)[C@](C)(O)C[C@@H](C)CN[C@H](C)[C@@H](O)[C@]1(C)O. The lowest BCUT2D eigenvalue weighted by atomic mass is 9.76. The number of rotatable bonds is 9. The second-order valence-electron chi connectivity index (χ2n) is 19.7. The molecule has 2 amide bonds. The van der Waals surface area contributed by atoms with Gasteiger partial charge in [-0.05, 0) is 104 Å². The number of methoxy groups -OCH3 is 1. The molecule has 16 nitrogen and oxygen atoms in total. The van der Waals surface area contributed by atoms with Crippen molar-refractivity contribution in [1.82, 2.24) is 10.2 Å². The molecule has 1 aromatic rings. The minimum Gasteiger partial charge on any atom is -0.459 e. The summed E-state index contributed by atoms with van der Waals surface area (Å²) in [6, 6.07) is 1.80. The number of aliphatic hydroxyl groups excluding tert-OH is 2. The average Bonchev–Trinajstić information content (AvgIpc) is 3.25. The second kappa shape index (κ2) is 21.7. The number of cyclic esters (lactones) is 1. The van der Waals surface area contributed by atoms with Gasteiger partial charge in [0.1, 0.15) is 35.1 Å². The molecule has 66 heavy (non-hydrogen) atoms. The van der Waals surface area contributed by atoms with Gasteiger partial charge in [-0.25, -0.2) is 4.79 Å². The Morgan fingerprint density at radius 2 is 1.58 bits per heavy atom. The third-order valence-electron chi connectivity index (χ3n) is 14.4. The van der Waals surface area contributed by atoms with Crippen LogP contribution in [0, 0.1) is 17.8 Å². The first kappa shape index (κ1) is 56.2. The van der Waals surface area contributed by atoms with Crippen molar-refractivity contribution in [3.8, 4) is 0 Å². The van der Waals surface area contributed by atoms with Crippen LogP contribution in [0.15, 0.2) is 24.3 Å². The first-order chi connectivity index (χ1) is 30.4. The molecule has 4 rings (SSSR count). The number of likely N-dealkylation sites (N-methyl/N-ethyl adjacent to an activating group) is 1. The number of amides is 2. The number of carbonyl (C=O) groups is 2. The summed E-state index contributed by atoms with van der Waals surface area (Å²) in [5.74, 6) is -3.53. The molecule has 0 spiro atoms. The van der Waals surface area contributed by atoms with Crippen molar-refractivity contribution in [3.63, 3.8) is 0 Å². The standard InChI is InChI=1S/C46H75ClF3N3O13/c1-14-33-44(10,59)37(55)28(6)51-22-24(2)20-42(8,58)38(26(4)36(27(5)39(56)64-33)65-34-21-43(9,61-13)45(60,23-47)29(7)63-34)66-40-35(54)32(19-25(3)62-40)53(12)41(57)52(11)31-17-15-30(16-18-31)46(48,49)50/h15-18,24-29,32-38,40,51,54-55,58-60H,14,19-23H2,1-13H3/t24-,25-,26+,27-,28-,29+,32+,33-,34+,35-,36+,37-,38-,40+,42-,43-,44-,45+/m1/s1. The summed E-state index contributed by atoms with van der Waals surface area (Å²) in [5, 5.41) is 62.7. The molecule has 3 aliphatic heterocycles. The molecule has 3 fully saturated rings. The van der Waals surface area contributed by atoms with Crippen molar-refractivity contribution in [2.75, 3.05) is 38.5 Å². The van der Waals surface area contributed by atoms with Crippen LogP contribution in [0.2, 0.25) is 0 Å². The highest BCUT2D eigenvalue weighted by molar-refractivity contribution is 6.18. The molecule has 3 heterocycles. The van der Waals surface area contributed by atoms with E-state index in [1.165, 1.54) is 45.2 Å². The maximum Gasteiger partial charge on any atom is 0.416 e. The third-order valence-corrected chi connectivity index (χ3v) is 14.8. The van der Waals surface area contributed by atoms with Crippen LogP contribution in [-0.2, 0) is 39.4 Å². The first-order valence-corrected chi connectivity index (χ1v) is 23.3.